The maximum Gasteiger partial charge on any atom is 1.00 e. The third-order valence-electron chi connectivity index (χ3n) is 1.97. The molecular formula is C7H13NaO3S. The Kier molecular flexibility index (Phi) is 8.14. The predicted octanol–water partition coefficient (Wildman–Crippen LogP) is -2.31. The van der Waals surface area contributed by atoms with Crippen LogP contribution in [-0.4, -0.2) is 27.7 Å². The molecule has 0 heterocycles. The van der Waals surface area contributed by atoms with E-state index in [1.807, 2.05) is 0 Å². The summed E-state index contributed by atoms with van der Waals surface area (Å²) >= 11 is -1.94. The van der Waals surface area contributed by atoms with Gasteiger partial charge in [0.1, 0.15) is 0 Å². The molecule has 5 heteroatoms. The van der Waals surface area contributed by atoms with E-state index >= 15 is 0 Å². The average Bonchev–Trinajstić information content (AvgIpc) is 1.82. The van der Waals surface area contributed by atoms with Crippen LogP contribution in [0.4, 0.5) is 0 Å². The largest absolute Gasteiger partial charge is 1.00 e. The summed E-state index contributed by atoms with van der Waals surface area (Å²) in [5.74, 6) is 0.835. The van der Waals surface area contributed by atoms with Crippen LogP contribution in [0.5, 0.6) is 0 Å². The molecule has 66 valence electrons. The molecule has 0 aromatic carbocycles. The molecule has 1 atom stereocenters. The molecule has 12 heavy (non-hydrogen) atoms. The van der Waals surface area contributed by atoms with Crippen molar-refractivity contribution in [3.63, 3.8) is 0 Å². The van der Waals surface area contributed by atoms with Gasteiger partial charge < -0.3 is 9.29 Å². The Morgan fingerprint density at radius 3 is 2.58 bits per heavy atom. The summed E-state index contributed by atoms with van der Waals surface area (Å²) in [7, 11) is 0. The van der Waals surface area contributed by atoms with E-state index in [0.717, 1.165) is 6.61 Å². The number of rotatable bonds is 5. The van der Waals surface area contributed by atoms with Gasteiger partial charge in [0, 0.05) is 12.4 Å². The molecule has 1 unspecified atom stereocenters. The molecule has 0 saturated heterocycles. The second-order valence-electron chi connectivity index (χ2n) is 2.88. The zero-order valence-electron chi connectivity index (χ0n) is 7.45. The van der Waals surface area contributed by atoms with Crippen LogP contribution in [0.3, 0.4) is 0 Å². The minimum absolute atomic E-state index is 0. The van der Waals surface area contributed by atoms with E-state index in [0.29, 0.717) is 12.5 Å². The van der Waals surface area contributed by atoms with Gasteiger partial charge in [-0.25, -0.2) is 0 Å². The Hall–Kier alpha value is 1.07. The molecule has 0 bridgehead atoms. The first kappa shape index (κ1) is 13.1. The molecule has 0 spiro atoms. The van der Waals surface area contributed by atoms with Gasteiger partial charge in [-0.2, -0.15) is 0 Å². The van der Waals surface area contributed by atoms with Gasteiger partial charge in [-0.05, 0) is 18.8 Å². The molecule has 0 aromatic heterocycles. The van der Waals surface area contributed by atoms with Gasteiger partial charge in [0.25, 0.3) is 0 Å². The molecule has 0 N–H and O–H groups in total. The Morgan fingerprint density at radius 1 is 1.50 bits per heavy atom. The van der Waals surface area contributed by atoms with Crippen molar-refractivity contribution in [2.45, 2.75) is 19.3 Å². The van der Waals surface area contributed by atoms with Crippen LogP contribution in [-0.2, 0) is 15.8 Å². The number of ether oxygens (including phenoxy) is 1. The van der Waals surface area contributed by atoms with Gasteiger partial charge in [0.05, 0.1) is 6.61 Å². The fourth-order valence-corrected chi connectivity index (χ4v) is 1.29. The van der Waals surface area contributed by atoms with Crippen molar-refractivity contribution in [1.82, 2.24) is 0 Å². The van der Waals surface area contributed by atoms with Crippen LogP contribution >= 0.6 is 0 Å². The van der Waals surface area contributed by atoms with Crippen LogP contribution < -0.4 is 29.6 Å². The van der Waals surface area contributed by atoms with E-state index < -0.39 is 11.1 Å². The zero-order valence-corrected chi connectivity index (χ0v) is 10.3. The normalized spacial score (nSPS) is 19.4. The van der Waals surface area contributed by atoms with E-state index in [-0.39, 0.29) is 35.3 Å². The molecule has 1 saturated carbocycles. The summed E-state index contributed by atoms with van der Waals surface area (Å²) < 4.78 is 25.3. The van der Waals surface area contributed by atoms with E-state index in [9.17, 15) is 8.76 Å². The Bertz CT molecular complexity index is 139. The minimum Gasteiger partial charge on any atom is -0.772 e. The number of hydrogen-bond donors (Lipinski definition) is 0. The summed E-state index contributed by atoms with van der Waals surface area (Å²) in [5.41, 5.74) is 0. The summed E-state index contributed by atoms with van der Waals surface area (Å²) in [4.78, 5) is 0. The molecule has 1 aliphatic carbocycles. The predicted molar refractivity (Wildman–Crippen MR) is 41.9 cm³/mol. The smallest absolute Gasteiger partial charge is 0.772 e. The molecular weight excluding hydrogens is 187 g/mol. The van der Waals surface area contributed by atoms with Crippen molar-refractivity contribution in [1.29, 1.82) is 0 Å². The van der Waals surface area contributed by atoms with Crippen LogP contribution in [0.2, 0.25) is 0 Å². The van der Waals surface area contributed by atoms with Crippen molar-refractivity contribution in [3.8, 4) is 0 Å². The quantitative estimate of drug-likeness (QED) is 0.284. The molecule has 1 rings (SSSR count). The fraction of sp³-hybridized carbons (Fsp3) is 1.00. The van der Waals surface area contributed by atoms with Crippen molar-refractivity contribution >= 4 is 11.1 Å². The molecule has 0 amide bonds. The van der Waals surface area contributed by atoms with E-state index in [2.05, 4.69) is 0 Å². The van der Waals surface area contributed by atoms with E-state index in [1.165, 1.54) is 19.3 Å². The van der Waals surface area contributed by atoms with Gasteiger partial charge >= 0.3 is 29.6 Å². The monoisotopic (exact) mass is 200 g/mol. The van der Waals surface area contributed by atoms with Crippen molar-refractivity contribution in [3.05, 3.63) is 0 Å². The van der Waals surface area contributed by atoms with Gasteiger partial charge in [-0.3, -0.25) is 4.21 Å². The van der Waals surface area contributed by atoms with Gasteiger partial charge in [-0.15, -0.1) is 0 Å². The van der Waals surface area contributed by atoms with Gasteiger partial charge in [0.2, 0.25) is 0 Å². The minimum atomic E-state index is -1.94. The Balaban J connectivity index is 0.00000121. The molecule has 3 nitrogen and oxygen atoms in total. The molecule has 0 radical (unpaired) electrons. The molecule has 0 aliphatic heterocycles. The van der Waals surface area contributed by atoms with E-state index in [1.54, 1.807) is 0 Å². The molecule has 1 fully saturated rings. The van der Waals surface area contributed by atoms with Crippen LogP contribution in [0.25, 0.3) is 0 Å². The second-order valence-corrected chi connectivity index (χ2v) is 3.90. The van der Waals surface area contributed by atoms with Crippen molar-refractivity contribution < 1.29 is 43.1 Å². The van der Waals surface area contributed by atoms with Crippen LogP contribution in [0.15, 0.2) is 0 Å². The van der Waals surface area contributed by atoms with Gasteiger partial charge in [-0.1, -0.05) is 17.5 Å². The maximum absolute atomic E-state index is 10.0. The summed E-state index contributed by atoms with van der Waals surface area (Å²) in [6.07, 6.45) is 3.81. The first-order valence-electron chi connectivity index (χ1n) is 3.92. The van der Waals surface area contributed by atoms with Crippen molar-refractivity contribution in [2.24, 2.45) is 5.92 Å². The van der Waals surface area contributed by atoms with Gasteiger partial charge in [0.15, 0.2) is 0 Å². The topological polar surface area (TPSA) is 49.4 Å². The van der Waals surface area contributed by atoms with E-state index in [4.69, 9.17) is 4.74 Å². The summed E-state index contributed by atoms with van der Waals surface area (Å²) in [6, 6.07) is 0. The SMILES string of the molecule is O=S([O-])CCOCC1CCC1.[Na+]. The first-order chi connectivity index (χ1) is 5.29. The van der Waals surface area contributed by atoms with Crippen molar-refractivity contribution in [2.75, 3.05) is 19.0 Å². The third kappa shape index (κ3) is 5.67. The fourth-order valence-electron chi connectivity index (χ4n) is 1.04. The molecule has 0 aromatic rings. The molecule has 1 aliphatic rings. The Morgan fingerprint density at radius 2 is 2.17 bits per heavy atom. The summed E-state index contributed by atoms with van der Waals surface area (Å²) in [5, 5.41) is 0. The zero-order chi connectivity index (χ0) is 8.10. The van der Waals surface area contributed by atoms with Crippen LogP contribution in [0.1, 0.15) is 19.3 Å². The summed E-state index contributed by atoms with van der Waals surface area (Å²) in [6.45, 7) is 1.10. The first-order valence-corrected chi connectivity index (χ1v) is 5.17. The standard InChI is InChI=1S/C7H14O3S.Na/c8-11(9)5-4-10-6-7-2-1-3-7;/h7H,1-6H2,(H,8,9);/q;+1/p-1. The Labute approximate surface area is 97.8 Å². The van der Waals surface area contributed by atoms with Crippen LogP contribution in [0, 0.1) is 5.92 Å². The maximum atomic E-state index is 10.0. The average molecular weight is 200 g/mol. The number of hydrogen-bond acceptors (Lipinski definition) is 3. The third-order valence-corrected chi connectivity index (χ3v) is 2.47. The second kappa shape index (κ2) is 7.47.